The van der Waals surface area contributed by atoms with Crippen molar-refractivity contribution in [1.29, 1.82) is 0 Å². The summed E-state index contributed by atoms with van der Waals surface area (Å²) in [6.45, 7) is 1.27. The van der Waals surface area contributed by atoms with Crippen LogP contribution in [0.2, 0.25) is 5.02 Å². The third-order valence-electron chi connectivity index (χ3n) is 4.70. The lowest BCUT2D eigenvalue weighted by Gasteiger charge is -2.24. The van der Waals surface area contributed by atoms with Crippen molar-refractivity contribution < 1.29 is 19.6 Å². The van der Waals surface area contributed by atoms with Crippen LogP contribution in [0, 0.1) is 0 Å². The van der Waals surface area contributed by atoms with Crippen LogP contribution in [-0.4, -0.2) is 53.9 Å². The molecule has 1 amide bonds. The van der Waals surface area contributed by atoms with E-state index in [4.69, 9.17) is 11.6 Å². The molecule has 28 heavy (non-hydrogen) atoms. The maximum absolute atomic E-state index is 12.8. The van der Waals surface area contributed by atoms with Gasteiger partial charge in [0.2, 0.25) is 0 Å². The second-order valence-electron chi connectivity index (χ2n) is 7.06. The molecule has 1 aliphatic rings. The zero-order valence-electron chi connectivity index (χ0n) is 15.9. The standard InChI is InChI=1S/C21H22ClN3O3/c1-24(2)12-5-13-25-18(16-6-3-4-11-23-16)17(20(27)21(25)28)19(26)14-7-9-15(22)10-8-14/h3-4,6-11,18,26H,5,12-13H2,1-2H3/p+1. The number of pyridine rings is 1. The van der Waals surface area contributed by atoms with Gasteiger partial charge < -0.3 is 14.9 Å². The van der Waals surface area contributed by atoms with Gasteiger partial charge in [-0.1, -0.05) is 17.7 Å². The molecule has 1 aromatic heterocycles. The van der Waals surface area contributed by atoms with Crippen molar-refractivity contribution in [3.63, 3.8) is 0 Å². The number of halogens is 1. The molecule has 1 aliphatic heterocycles. The number of amides is 1. The van der Waals surface area contributed by atoms with Gasteiger partial charge in [0.1, 0.15) is 11.8 Å². The van der Waals surface area contributed by atoms with Gasteiger partial charge in [-0.2, -0.15) is 0 Å². The van der Waals surface area contributed by atoms with Gasteiger partial charge in [-0.25, -0.2) is 0 Å². The Kier molecular flexibility index (Phi) is 6.11. The highest BCUT2D eigenvalue weighted by Gasteiger charge is 2.46. The predicted octanol–water partition coefficient (Wildman–Crippen LogP) is 1.69. The molecule has 3 rings (SSSR count). The van der Waals surface area contributed by atoms with Crippen LogP contribution in [0.25, 0.3) is 5.76 Å². The van der Waals surface area contributed by atoms with E-state index in [-0.39, 0.29) is 11.3 Å². The summed E-state index contributed by atoms with van der Waals surface area (Å²) in [6, 6.07) is 11.1. The van der Waals surface area contributed by atoms with Gasteiger partial charge in [-0.15, -0.1) is 0 Å². The predicted molar refractivity (Wildman–Crippen MR) is 107 cm³/mol. The van der Waals surface area contributed by atoms with Crippen molar-refractivity contribution in [2.75, 3.05) is 27.2 Å². The zero-order valence-corrected chi connectivity index (χ0v) is 16.6. The summed E-state index contributed by atoms with van der Waals surface area (Å²) in [5, 5.41) is 11.4. The maximum atomic E-state index is 12.8. The van der Waals surface area contributed by atoms with E-state index in [1.54, 1.807) is 48.7 Å². The highest BCUT2D eigenvalue weighted by atomic mass is 35.5. The minimum atomic E-state index is -0.714. The summed E-state index contributed by atoms with van der Waals surface area (Å²) in [5.41, 5.74) is 1.04. The quantitative estimate of drug-likeness (QED) is 0.439. The number of aliphatic hydroxyl groups excluding tert-OH is 1. The lowest BCUT2D eigenvalue weighted by Crippen LogP contribution is -3.05. The van der Waals surface area contributed by atoms with Crippen LogP contribution in [0.3, 0.4) is 0 Å². The smallest absolute Gasteiger partial charge is 0.295 e. The first kappa shape index (κ1) is 20.0. The van der Waals surface area contributed by atoms with Crippen LogP contribution in [0.15, 0.2) is 54.2 Å². The van der Waals surface area contributed by atoms with E-state index in [9.17, 15) is 14.7 Å². The van der Waals surface area contributed by atoms with Crippen molar-refractivity contribution in [2.24, 2.45) is 0 Å². The molecule has 1 saturated heterocycles. The average Bonchev–Trinajstić information content (AvgIpc) is 2.93. The van der Waals surface area contributed by atoms with Crippen molar-refractivity contribution in [2.45, 2.75) is 12.5 Å². The van der Waals surface area contributed by atoms with Gasteiger partial charge in [-0.3, -0.25) is 14.6 Å². The molecule has 0 spiro atoms. The van der Waals surface area contributed by atoms with Crippen LogP contribution in [0.5, 0.6) is 0 Å². The minimum Gasteiger partial charge on any atom is -0.507 e. The second kappa shape index (κ2) is 8.54. The number of Topliss-reactive ketones (excluding diaryl/α,β-unsaturated/α-hetero) is 1. The highest BCUT2D eigenvalue weighted by Crippen LogP contribution is 2.38. The first-order chi connectivity index (χ1) is 13.4. The number of carbonyl (C=O) groups is 2. The van der Waals surface area contributed by atoms with E-state index in [0.717, 1.165) is 13.0 Å². The van der Waals surface area contributed by atoms with Gasteiger partial charge in [-0.05, 0) is 36.4 Å². The van der Waals surface area contributed by atoms with Crippen LogP contribution in [0.1, 0.15) is 23.7 Å². The Balaban J connectivity index is 2.06. The first-order valence-corrected chi connectivity index (χ1v) is 9.52. The summed E-state index contributed by atoms with van der Waals surface area (Å²) >= 11 is 5.92. The fraction of sp³-hybridized carbons (Fsp3) is 0.286. The number of aliphatic hydroxyl groups is 1. The Hall–Kier alpha value is -2.70. The molecule has 1 unspecified atom stereocenters. The molecule has 1 atom stereocenters. The normalized spacial score (nSPS) is 18.9. The van der Waals surface area contributed by atoms with E-state index in [1.807, 2.05) is 14.1 Å². The van der Waals surface area contributed by atoms with E-state index in [2.05, 4.69) is 4.98 Å². The molecule has 2 aromatic rings. The number of hydrogen-bond acceptors (Lipinski definition) is 4. The molecule has 0 saturated carbocycles. The molecule has 1 fully saturated rings. The second-order valence-corrected chi connectivity index (χ2v) is 7.50. The molecule has 0 bridgehead atoms. The van der Waals surface area contributed by atoms with Gasteiger partial charge >= 0.3 is 0 Å². The lowest BCUT2D eigenvalue weighted by atomic mass is 9.98. The van der Waals surface area contributed by atoms with E-state index >= 15 is 0 Å². The zero-order chi connectivity index (χ0) is 20.3. The minimum absolute atomic E-state index is 0.0585. The largest absolute Gasteiger partial charge is 0.507 e. The highest BCUT2D eigenvalue weighted by molar-refractivity contribution is 6.46. The first-order valence-electron chi connectivity index (χ1n) is 9.14. The van der Waals surface area contributed by atoms with Crippen LogP contribution < -0.4 is 4.90 Å². The number of aromatic nitrogens is 1. The number of quaternary nitrogens is 1. The van der Waals surface area contributed by atoms with Gasteiger partial charge in [0.25, 0.3) is 11.7 Å². The molecule has 2 N–H and O–H groups in total. The summed E-state index contributed by atoms with van der Waals surface area (Å²) in [6.07, 6.45) is 2.35. The van der Waals surface area contributed by atoms with Crippen molar-refractivity contribution >= 4 is 29.1 Å². The van der Waals surface area contributed by atoms with Crippen molar-refractivity contribution in [3.05, 3.63) is 70.5 Å². The fourth-order valence-corrected chi connectivity index (χ4v) is 3.45. The number of likely N-dealkylation sites (tertiary alicyclic amines) is 1. The molecule has 1 aromatic carbocycles. The molecular weight excluding hydrogens is 378 g/mol. The molecule has 7 heteroatoms. The van der Waals surface area contributed by atoms with Gasteiger partial charge in [0, 0.05) is 29.7 Å². The molecule has 0 aliphatic carbocycles. The van der Waals surface area contributed by atoms with Crippen LogP contribution in [-0.2, 0) is 9.59 Å². The molecule has 0 radical (unpaired) electrons. The molecule has 146 valence electrons. The fourth-order valence-electron chi connectivity index (χ4n) is 3.32. The van der Waals surface area contributed by atoms with Crippen LogP contribution in [0.4, 0.5) is 0 Å². The number of hydrogen-bond donors (Lipinski definition) is 2. The Morgan fingerprint density at radius 1 is 1.18 bits per heavy atom. The lowest BCUT2D eigenvalue weighted by molar-refractivity contribution is -0.858. The third kappa shape index (κ3) is 4.08. The summed E-state index contributed by atoms with van der Waals surface area (Å²) in [4.78, 5) is 32.7. The average molecular weight is 401 g/mol. The number of carbonyl (C=O) groups excluding carboxylic acids is 2. The van der Waals surface area contributed by atoms with Crippen molar-refractivity contribution in [3.8, 4) is 0 Å². The monoisotopic (exact) mass is 400 g/mol. The third-order valence-corrected chi connectivity index (χ3v) is 4.95. The topological polar surface area (TPSA) is 74.9 Å². The Labute approximate surface area is 169 Å². The molecule has 2 heterocycles. The van der Waals surface area contributed by atoms with Crippen LogP contribution >= 0.6 is 11.6 Å². The van der Waals surface area contributed by atoms with Crippen molar-refractivity contribution in [1.82, 2.24) is 9.88 Å². The van der Waals surface area contributed by atoms with E-state index in [0.29, 0.717) is 22.8 Å². The number of ketones is 1. The maximum Gasteiger partial charge on any atom is 0.295 e. The molecule has 6 nitrogen and oxygen atoms in total. The summed E-state index contributed by atoms with van der Waals surface area (Å²) < 4.78 is 0. The van der Waals surface area contributed by atoms with Gasteiger partial charge in [0.05, 0.1) is 31.9 Å². The van der Waals surface area contributed by atoms with E-state index < -0.39 is 17.7 Å². The SMILES string of the molecule is C[NH+](C)CCCN1C(=O)C(=O)C(=C(O)c2ccc(Cl)cc2)C1c1ccccn1. The van der Waals surface area contributed by atoms with Gasteiger partial charge in [0.15, 0.2) is 0 Å². The number of rotatable bonds is 6. The number of nitrogens with zero attached hydrogens (tertiary/aromatic N) is 2. The Morgan fingerprint density at radius 3 is 2.50 bits per heavy atom. The summed E-state index contributed by atoms with van der Waals surface area (Å²) in [7, 11) is 4.07. The molecular formula is C21H23ClN3O3+. The number of nitrogens with one attached hydrogen (secondary N) is 1. The Bertz CT molecular complexity index is 895. The summed E-state index contributed by atoms with van der Waals surface area (Å²) in [5.74, 6) is -1.52. The van der Waals surface area contributed by atoms with E-state index in [1.165, 1.54) is 9.80 Å². The Morgan fingerprint density at radius 2 is 1.89 bits per heavy atom. The number of benzene rings is 1.